The second-order valence-electron chi connectivity index (χ2n) is 5.90. The van der Waals surface area contributed by atoms with E-state index in [0.29, 0.717) is 5.92 Å². The third-order valence-corrected chi connectivity index (χ3v) is 4.31. The van der Waals surface area contributed by atoms with E-state index in [9.17, 15) is 4.79 Å². The highest BCUT2D eigenvalue weighted by molar-refractivity contribution is 5.82. The Morgan fingerprint density at radius 1 is 1.11 bits per heavy atom. The maximum atomic E-state index is 12.5. The van der Waals surface area contributed by atoms with Crippen LogP contribution in [-0.4, -0.2) is 23.4 Å². The first-order chi connectivity index (χ1) is 9.25. The highest BCUT2D eigenvalue weighted by atomic mass is 16.2. The molecule has 2 unspecified atom stereocenters. The standard InChI is InChI=1S/C16H22N2O/c17-14-7-4-8-15(13-5-2-1-3-6-13)18(16(14)19)11-12-9-10-12/h1-3,5-6,12,14-15H,4,7-11,17H2. The van der Waals surface area contributed by atoms with Gasteiger partial charge in [0.25, 0.3) is 0 Å². The molecule has 19 heavy (non-hydrogen) atoms. The number of nitrogens with zero attached hydrogens (tertiary/aromatic N) is 1. The van der Waals surface area contributed by atoms with Crippen molar-refractivity contribution in [3.63, 3.8) is 0 Å². The molecule has 1 saturated carbocycles. The quantitative estimate of drug-likeness (QED) is 0.905. The SMILES string of the molecule is NC1CCCC(c2ccccc2)N(CC2CC2)C1=O. The zero-order valence-corrected chi connectivity index (χ0v) is 11.3. The third-order valence-electron chi connectivity index (χ3n) is 4.31. The van der Waals surface area contributed by atoms with Crippen molar-refractivity contribution in [1.82, 2.24) is 4.90 Å². The van der Waals surface area contributed by atoms with E-state index in [4.69, 9.17) is 5.73 Å². The molecule has 102 valence electrons. The summed E-state index contributed by atoms with van der Waals surface area (Å²) < 4.78 is 0. The van der Waals surface area contributed by atoms with E-state index < -0.39 is 0 Å². The molecule has 2 fully saturated rings. The molecule has 2 aliphatic rings. The Labute approximate surface area is 114 Å². The van der Waals surface area contributed by atoms with Gasteiger partial charge in [-0.3, -0.25) is 4.79 Å². The van der Waals surface area contributed by atoms with Crippen molar-refractivity contribution >= 4 is 5.91 Å². The van der Waals surface area contributed by atoms with Crippen LogP contribution in [-0.2, 0) is 4.79 Å². The maximum Gasteiger partial charge on any atom is 0.240 e. The van der Waals surface area contributed by atoms with Gasteiger partial charge in [-0.2, -0.15) is 0 Å². The summed E-state index contributed by atoms with van der Waals surface area (Å²) in [6, 6.07) is 10.3. The molecule has 1 heterocycles. The smallest absolute Gasteiger partial charge is 0.240 e. The minimum Gasteiger partial charge on any atom is -0.334 e. The highest BCUT2D eigenvalue weighted by Crippen LogP contribution is 2.36. The van der Waals surface area contributed by atoms with Crippen molar-refractivity contribution in [3.8, 4) is 0 Å². The Balaban J connectivity index is 1.87. The van der Waals surface area contributed by atoms with Gasteiger partial charge >= 0.3 is 0 Å². The molecule has 1 aliphatic carbocycles. The Morgan fingerprint density at radius 3 is 2.53 bits per heavy atom. The fourth-order valence-electron chi connectivity index (χ4n) is 2.99. The van der Waals surface area contributed by atoms with Crippen LogP contribution in [0.2, 0.25) is 0 Å². The number of carbonyl (C=O) groups excluding carboxylic acids is 1. The molecule has 1 saturated heterocycles. The molecule has 3 rings (SSSR count). The number of carbonyl (C=O) groups is 1. The van der Waals surface area contributed by atoms with Gasteiger partial charge in [0.2, 0.25) is 5.91 Å². The zero-order valence-electron chi connectivity index (χ0n) is 11.3. The van der Waals surface area contributed by atoms with Crippen LogP contribution in [0.4, 0.5) is 0 Å². The van der Waals surface area contributed by atoms with Crippen LogP contribution in [0.15, 0.2) is 30.3 Å². The van der Waals surface area contributed by atoms with Gasteiger partial charge in [0, 0.05) is 6.54 Å². The van der Waals surface area contributed by atoms with Crippen molar-refractivity contribution in [2.45, 2.75) is 44.2 Å². The van der Waals surface area contributed by atoms with Crippen molar-refractivity contribution in [3.05, 3.63) is 35.9 Å². The second kappa shape index (κ2) is 5.33. The summed E-state index contributed by atoms with van der Waals surface area (Å²) in [5.74, 6) is 0.860. The van der Waals surface area contributed by atoms with Crippen LogP contribution in [0, 0.1) is 5.92 Å². The molecule has 1 aliphatic heterocycles. The van der Waals surface area contributed by atoms with Gasteiger partial charge in [0.1, 0.15) is 0 Å². The van der Waals surface area contributed by atoms with Crippen molar-refractivity contribution in [1.29, 1.82) is 0 Å². The minimum atomic E-state index is -0.299. The molecule has 1 aromatic carbocycles. The van der Waals surface area contributed by atoms with Crippen LogP contribution < -0.4 is 5.73 Å². The molecular weight excluding hydrogens is 236 g/mol. The largest absolute Gasteiger partial charge is 0.334 e. The van der Waals surface area contributed by atoms with Gasteiger partial charge < -0.3 is 10.6 Å². The van der Waals surface area contributed by atoms with Crippen molar-refractivity contribution in [2.75, 3.05) is 6.54 Å². The minimum absolute atomic E-state index is 0.151. The first-order valence-corrected chi connectivity index (χ1v) is 7.36. The number of amides is 1. The van der Waals surface area contributed by atoms with Crippen molar-refractivity contribution in [2.24, 2.45) is 11.7 Å². The normalized spacial score (nSPS) is 28.3. The van der Waals surface area contributed by atoms with Crippen molar-refractivity contribution < 1.29 is 4.79 Å². The van der Waals surface area contributed by atoms with Crippen LogP contribution in [0.3, 0.4) is 0 Å². The fourth-order valence-corrected chi connectivity index (χ4v) is 2.99. The Morgan fingerprint density at radius 2 is 1.84 bits per heavy atom. The summed E-state index contributed by atoms with van der Waals surface area (Å²) in [7, 11) is 0. The van der Waals surface area contributed by atoms with Gasteiger partial charge in [0.05, 0.1) is 12.1 Å². The molecule has 0 bridgehead atoms. The first kappa shape index (κ1) is 12.7. The Hall–Kier alpha value is -1.35. The predicted octanol–water partition coefficient (Wildman–Crippen LogP) is 2.48. The lowest BCUT2D eigenvalue weighted by molar-refractivity contribution is -0.134. The van der Waals surface area contributed by atoms with Crippen LogP contribution in [0.25, 0.3) is 0 Å². The van der Waals surface area contributed by atoms with E-state index in [2.05, 4.69) is 29.2 Å². The van der Waals surface area contributed by atoms with E-state index in [1.54, 1.807) is 0 Å². The summed E-state index contributed by atoms with van der Waals surface area (Å²) in [6.45, 7) is 0.895. The topological polar surface area (TPSA) is 46.3 Å². The molecule has 3 heteroatoms. The van der Waals surface area contributed by atoms with E-state index in [-0.39, 0.29) is 18.0 Å². The number of benzene rings is 1. The summed E-state index contributed by atoms with van der Waals surface area (Å²) in [5, 5.41) is 0. The zero-order chi connectivity index (χ0) is 13.2. The van der Waals surface area contributed by atoms with Gasteiger partial charge in [-0.15, -0.1) is 0 Å². The predicted molar refractivity (Wildman–Crippen MR) is 75.4 cm³/mol. The molecule has 3 nitrogen and oxygen atoms in total. The van der Waals surface area contributed by atoms with Gasteiger partial charge in [-0.1, -0.05) is 30.3 Å². The molecule has 1 aromatic rings. The second-order valence-corrected chi connectivity index (χ2v) is 5.90. The fraction of sp³-hybridized carbons (Fsp3) is 0.562. The maximum absolute atomic E-state index is 12.5. The Bertz CT molecular complexity index is 441. The average Bonchev–Trinajstić information content (AvgIpc) is 3.26. The van der Waals surface area contributed by atoms with Crippen LogP contribution >= 0.6 is 0 Å². The van der Waals surface area contributed by atoms with E-state index in [0.717, 1.165) is 25.8 Å². The number of rotatable bonds is 3. The molecule has 0 radical (unpaired) electrons. The van der Waals surface area contributed by atoms with E-state index >= 15 is 0 Å². The van der Waals surface area contributed by atoms with Gasteiger partial charge in [-0.05, 0) is 43.6 Å². The third kappa shape index (κ3) is 2.81. The monoisotopic (exact) mass is 258 g/mol. The molecule has 1 amide bonds. The molecule has 2 atom stereocenters. The summed E-state index contributed by atoms with van der Waals surface area (Å²) >= 11 is 0. The molecule has 0 aromatic heterocycles. The highest BCUT2D eigenvalue weighted by Gasteiger charge is 2.35. The number of likely N-dealkylation sites (tertiary alicyclic amines) is 1. The first-order valence-electron chi connectivity index (χ1n) is 7.36. The van der Waals surface area contributed by atoms with Crippen LogP contribution in [0.1, 0.15) is 43.7 Å². The lowest BCUT2D eigenvalue weighted by Gasteiger charge is -2.31. The lowest BCUT2D eigenvalue weighted by Crippen LogP contribution is -2.44. The number of nitrogens with two attached hydrogens (primary N) is 1. The Kier molecular flexibility index (Phi) is 3.56. The lowest BCUT2D eigenvalue weighted by atomic mass is 10.0. The average molecular weight is 258 g/mol. The number of hydrogen-bond donors (Lipinski definition) is 1. The summed E-state index contributed by atoms with van der Waals surface area (Å²) in [6.07, 6.45) is 5.42. The molecule has 2 N–H and O–H groups in total. The summed E-state index contributed by atoms with van der Waals surface area (Å²) in [4.78, 5) is 14.6. The van der Waals surface area contributed by atoms with Gasteiger partial charge in [0.15, 0.2) is 0 Å². The van der Waals surface area contributed by atoms with E-state index in [1.165, 1.54) is 18.4 Å². The van der Waals surface area contributed by atoms with E-state index in [1.807, 2.05) is 6.07 Å². The molecule has 0 spiro atoms. The summed E-state index contributed by atoms with van der Waals surface area (Å²) in [5.41, 5.74) is 7.27. The van der Waals surface area contributed by atoms with Gasteiger partial charge in [-0.25, -0.2) is 0 Å². The molecular formula is C16H22N2O. The number of hydrogen-bond acceptors (Lipinski definition) is 2. The van der Waals surface area contributed by atoms with Crippen LogP contribution in [0.5, 0.6) is 0 Å².